The van der Waals surface area contributed by atoms with Gasteiger partial charge in [-0.3, -0.25) is 30.9 Å². The number of hydrogen-bond donors (Lipinski definition) is 4. The van der Waals surface area contributed by atoms with Crippen LogP contribution in [0.4, 0.5) is 41.9 Å². The van der Waals surface area contributed by atoms with Crippen molar-refractivity contribution in [2.45, 2.75) is 149 Å². The van der Waals surface area contributed by atoms with Gasteiger partial charge in [-0.15, -0.1) is 24.3 Å². The quantitative estimate of drug-likeness (QED) is 0.0153. The number of nitrogens with one attached hydrogen (secondary N) is 4. The van der Waals surface area contributed by atoms with E-state index in [-0.39, 0.29) is 138 Å². The first-order valence-corrected chi connectivity index (χ1v) is 47.5. The summed E-state index contributed by atoms with van der Waals surface area (Å²) in [6.07, 6.45) is 0.647. The number of rotatable bonds is 28. The minimum absolute atomic E-state index is 0. The average Bonchev–Trinajstić information content (AvgIpc) is 1.74. The molecule has 744 valence electrons. The van der Waals surface area contributed by atoms with E-state index < -0.39 is 24.4 Å². The maximum atomic E-state index is 12.6. The van der Waals surface area contributed by atoms with Crippen LogP contribution in [0.3, 0.4) is 0 Å². The van der Waals surface area contributed by atoms with Crippen LogP contribution in [0.5, 0.6) is 0 Å². The molecule has 0 fully saturated rings. The molecule has 4 heterocycles. The standard InChI is InChI=1S/2C28H26N2O4S.2C27H25N2O2S.2CO2.4CH4.2Na/c2*1-18-26(29-28(32)34-20(3)21-7-5-4-6-8-21)27(35-30-18)25-15-13-24(14-16-25)23-11-9-22(10-12-23)19(2)33-17-31;2*1-4-20-10-12-22(13-11-20)23-14-16-24(17-15-23)26-25(18(2)29-32-26)28-27(30)31-19(3)21-8-6-5-7-9-21;2*2-1-3;;;;;;/h2*4-17,19-20H,1-3H3,(H,29,32);2*4-17,19H,1-3H3,(H,28,30);;;4*1H4;;/q;;2*-1;;;;;;;2*+1/t19-,20+;19-,20-;2*19-;;;;;;;;/m0111......../s1. The van der Waals surface area contributed by atoms with Gasteiger partial charge in [-0.05, 0) is 216 Å². The number of benzene rings is 12. The molecule has 0 aliphatic rings. The number of ether oxygens (including phenoxy) is 6. The van der Waals surface area contributed by atoms with Crippen molar-refractivity contribution in [1.82, 2.24) is 17.5 Å². The van der Waals surface area contributed by atoms with Crippen molar-refractivity contribution in [3.8, 4) is 86.3 Å². The molecule has 6 atom stereocenters. The van der Waals surface area contributed by atoms with Crippen LogP contribution < -0.4 is 80.4 Å². The summed E-state index contributed by atoms with van der Waals surface area (Å²) in [5, 5.41) is 11.6. The number of carbonyl (C=O) groups is 6. The van der Waals surface area contributed by atoms with Crippen molar-refractivity contribution in [3.63, 3.8) is 0 Å². The second-order valence-electron chi connectivity index (χ2n) is 31.5. The molecule has 0 saturated heterocycles. The van der Waals surface area contributed by atoms with E-state index in [1.54, 1.807) is 0 Å². The van der Waals surface area contributed by atoms with Crippen LogP contribution in [0.25, 0.3) is 86.3 Å². The number of carbonyl (C=O) groups excluding carboxylic acids is 10. The Morgan fingerprint density at radius 1 is 0.267 bits per heavy atom. The summed E-state index contributed by atoms with van der Waals surface area (Å²) >= 11 is 5.41. The van der Waals surface area contributed by atoms with Crippen molar-refractivity contribution in [3.05, 3.63) is 396 Å². The molecule has 0 unspecified atom stereocenters. The third-order valence-electron chi connectivity index (χ3n) is 22.3. The van der Waals surface area contributed by atoms with E-state index in [4.69, 9.17) is 47.6 Å². The molecule has 146 heavy (non-hydrogen) atoms. The Kier molecular flexibility index (Phi) is 52.2. The van der Waals surface area contributed by atoms with Gasteiger partial charge < -0.3 is 28.4 Å². The van der Waals surface area contributed by atoms with E-state index in [2.05, 4.69) is 149 Å². The molecule has 0 aliphatic heterocycles. The molecule has 0 aliphatic carbocycles. The molecule has 4 amide bonds. The van der Waals surface area contributed by atoms with Crippen molar-refractivity contribution in [2.75, 3.05) is 21.3 Å². The van der Waals surface area contributed by atoms with E-state index in [0.717, 1.165) is 131 Å². The minimum Gasteiger partial charge on any atom is -0.460 e. The normalized spacial score (nSPS) is 11.2. The van der Waals surface area contributed by atoms with Gasteiger partial charge in [0, 0.05) is 0 Å². The van der Waals surface area contributed by atoms with Crippen LogP contribution in [0.1, 0.15) is 189 Å². The topological polar surface area (TPSA) is 326 Å². The average molecular weight is 2050 g/mol. The summed E-state index contributed by atoms with van der Waals surface area (Å²) in [7, 11) is 0. The van der Waals surface area contributed by atoms with Gasteiger partial charge in [0.05, 0.1) is 65.0 Å². The van der Waals surface area contributed by atoms with Gasteiger partial charge in [0.25, 0.3) is 12.9 Å². The van der Waals surface area contributed by atoms with Gasteiger partial charge in [0.1, 0.15) is 36.6 Å². The summed E-state index contributed by atoms with van der Waals surface area (Å²) in [4.78, 5) is 108. The monoisotopic (exact) mass is 2050 g/mol. The van der Waals surface area contributed by atoms with Crippen molar-refractivity contribution >= 4 is 118 Å². The Hall–Kier alpha value is -14.3. The van der Waals surface area contributed by atoms with Crippen molar-refractivity contribution in [2.24, 2.45) is 0 Å². The first-order chi connectivity index (χ1) is 67.8. The predicted octanol–water partition coefficient (Wildman–Crippen LogP) is 25.4. The minimum atomic E-state index is -0.518. The first-order valence-electron chi connectivity index (χ1n) is 44.4. The van der Waals surface area contributed by atoms with Gasteiger partial charge in [-0.2, -0.15) is 84.9 Å². The second kappa shape index (κ2) is 62.4. The van der Waals surface area contributed by atoms with Crippen LogP contribution >= 0.6 is 46.1 Å². The molecule has 0 saturated carbocycles. The number of aromatic nitrogens is 4. The maximum absolute atomic E-state index is 12.6. The van der Waals surface area contributed by atoms with Gasteiger partial charge >= 0.3 is 95.8 Å². The Morgan fingerprint density at radius 3 is 0.596 bits per heavy atom. The van der Waals surface area contributed by atoms with Crippen molar-refractivity contribution < 1.29 is 135 Å². The summed E-state index contributed by atoms with van der Waals surface area (Å²) in [5.74, 6) is 0. The molecule has 4 aromatic heterocycles. The Balaban J connectivity index is 0.000000332. The molecule has 12 aromatic carbocycles. The predicted molar refractivity (Wildman–Crippen MR) is 577 cm³/mol. The number of nitrogens with zero attached hydrogens (tertiary/aromatic N) is 4. The SMILES string of the molecule is C.C.C.C.C[CH-]c1ccc(-c2ccc(-c3snc(C)c3NC(=O)O[C@H](C)c3ccccc3)cc2)cc1.C[CH-]c1ccc(-c2ccc(-c3snc(C)c3NC(=O)O[C@H](C)c3ccccc3)cc2)cc1.Cc1nsc(-c2ccc(-c3ccc([C@@H](C)OC=O)cc3)cc2)c1NC(=O)O[C@H](C)c1ccccc1.Cc1nsc(-c2ccc(-c3ccc([C@H](C)OC=O)cc3)cc2)c1NC(=O)O[C@H](C)c1ccccc1.O=C=O.O=C=O.[Na+].[Na+]. The molecule has 0 bridgehead atoms. The number of anilines is 4. The van der Waals surface area contributed by atoms with Crippen LogP contribution in [0.2, 0.25) is 0 Å². The third-order valence-corrected chi connectivity index (χ3v) is 26.2. The van der Waals surface area contributed by atoms with Crippen LogP contribution in [-0.4, -0.2) is 67.1 Å². The Morgan fingerprint density at radius 2 is 0.425 bits per heavy atom. The van der Waals surface area contributed by atoms with E-state index in [1.165, 1.54) is 68.4 Å². The summed E-state index contributed by atoms with van der Waals surface area (Å²) in [5.41, 5.74) is 26.5. The van der Waals surface area contributed by atoms with Crippen LogP contribution in [0, 0.1) is 40.5 Å². The fourth-order valence-corrected chi connectivity index (χ4v) is 17.8. The molecule has 16 aromatic rings. The number of hydrogen-bond acceptors (Lipinski definition) is 24. The molecule has 0 spiro atoms. The van der Waals surface area contributed by atoms with E-state index in [1.807, 2.05) is 301 Å². The molecule has 0 radical (unpaired) electrons. The number of aryl methyl sites for hydroxylation is 4. The maximum Gasteiger partial charge on any atom is 1.00 e. The van der Waals surface area contributed by atoms with Gasteiger partial charge in [0.15, 0.2) is 0 Å². The van der Waals surface area contributed by atoms with E-state index >= 15 is 0 Å². The summed E-state index contributed by atoms with van der Waals surface area (Å²) < 4.78 is 50.1. The van der Waals surface area contributed by atoms with Gasteiger partial charge in [-0.25, -0.2) is 19.2 Å². The molecular formula is C116H118N8Na2O16S4. The molecule has 16 rings (SSSR count). The van der Waals surface area contributed by atoms with Gasteiger partial charge in [0.2, 0.25) is 0 Å². The van der Waals surface area contributed by atoms with Gasteiger partial charge in [-0.1, -0.05) is 310 Å². The zero-order valence-electron chi connectivity index (χ0n) is 80.7. The van der Waals surface area contributed by atoms with E-state index in [9.17, 15) is 28.8 Å². The molecule has 24 nitrogen and oxygen atoms in total. The fourth-order valence-electron chi connectivity index (χ4n) is 14.4. The molecular weight excluding hydrogens is 1940 g/mol. The van der Waals surface area contributed by atoms with E-state index in [0.29, 0.717) is 35.7 Å². The zero-order chi connectivity index (χ0) is 100.0. The molecule has 4 N–H and O–H groups in total. The third kappa shape index (κ3) is 35.0. The largest absolute Gasteiger partial charge is 1.00 e. The van der Waals surface area contributed by atoms with Crippen molar-refractivity contribution in [1.29, 1.82) is 0 Å². The Bertz CT molecular complexity index is 6370. The second-order valence-corrected chi connectivity index (χ2v) is 34.6. The zero-order valence-corrected chi connectivity index (χ0v) is 88.0. The number of amides is 4. The first kappa shape index (κ1) is 122. The smallest absolute Gasteiger partial charge is 0.460 e. The summed E-state index contributed by atoms with van der Waals surface area (Å²) in [6, 6.07) is 104. The molecule has 30 heteroatoms. The fraction of sp³-hybridized carbons (Fsp3) is 0.190. The van der Waals surface area contributed by atoms with Crippen LogP contribution in [-0.2, 0) is 57.2 Å². The summed E-state index contributed by atoms with van der Waals surface area (Å²) in [6.45, 7) is 23.6. The van der Waals surface area contributed by atoms with Crippen LogP contribution in [0.15, 0.2) is 315 Å². The Labute approximate surface area is 915 Å².